The first-order valence-electron chi connectivity index (χ1n) is 11.5. The summed E-state index contributed by atoms with van der Waals surface area (Å²) < 4.78 is 43.6. The molecule has 4 nitrogen and oxygen atoms in total. The fourth-order valence-corrected chi connectivity index (χ4v) is 4.27. The molecule has 36 heavy (non-hydrogen) atoms. The normalized spacial score (nSPS) is 12.8. The van der Waals surface area contributed by atoms with Gasteiger partial charge in [-0.05, 0) is 67.2 Å². The van der Waals surface area contributed by atoms with Gasteiger partial charge in [0.1, 0.15) is 6.23 Å². The Bertz CT molecular complexity index is 1320. The van der Waals surface area contributed by atoms with Crippen molar-refractivity contribution in [2.24, 2.45) is 0 Å². The lowest BCUT2D eigenvalue weighted by molar-refractivity contribution is -0.137. The van der Waals surface area contributed by atoms with Crippen LogP contribution >= 0.6 is 11.6 Å². The van der Waals surface area contributed by atoms with Gasteiger partial charge in [-0.3, -0.25) is 5.32 Å². The van der Waals surface area contributed by atoms with E-state index in [1.54, 1.807) is 65.2 Å². The number of rotatable bonds is 8. The van der Waals surface area contributed by atoms with E-state index in [-0.39, 0.29) is 5.69 Å². The molecule has 0 saturated heterocycles. The molecule has 0 amide bonds. The number of hydrogen-bond donors (Lipinski definition) is 2. The summed E-state index contributed by atoms with van der Waals surface area (Å²) in [4.78, 5) is 2.01. The highest BCUT2D eigenvalue weighted by Gasteiger charge is 2.34. The van der Waals surface area contributed by atoms with Gasteiger partial charge in [-0.2, -0.15) is 13.2 Å². The van der Waals surface area contributed by atoms with Gasteiger partial charge in [0.05, 0.1) is 22.6 Å². The molecule has 1 aromatic heterocycles. The lowest BCUT2D eigenvalue weighted by Crippen LogP contribution is -2.29. The maximum atomic E-state index is 14.0. The Morgan fingerprint density at radius 2 is 1.56 bits per heavy atom. The molecule has 1 atom stereocenters. The van der Waals surface area contributed by atoms with Crippen molar-refractivity contribution in [1.82, 2.24) is 14.8 Å². The van der Waals surface area contributed by atoms with Crippen molar-refractivity contribution in [2.75, 3.05) is 27.2 Å². The number of para-hydroxylation sites is 1. The van der Waals surface area contributed by atoms with Crippen molar-refractivity contribution < 1.29 is 18.3 Å². The third-order valence-electron chi connectivity index (χ3n) is 5.87. The van der Waals surface area contributed by atoms with E-state index in [0.717, 1.165) is 12.6 Å². The minimum absolute atomic E-state index is 0.0226. The van der Waals surface area contributed by atoms with E-state index in [0.29, 0.717) is 39.6 Å². The van der Waals surface area contributed by atoms with Gasteiger partial charge >= 0.3 is 6.18 Å². The smallest absolute Gasteiger partial charge is 0.374 e. The molecule has 4 aromatic rings. The quantitative estimate of drug-likeness (QED) is 0.260. The van der Waals surface area contributed by atoms with Gasteiger partial charge in [-0.25, -0.2) is 0 Å². The maximum Gasteiger partial charge on any atom is 0.418 e. The molecule has 0 aliphatic heterocycles. The number of aliphatic hydroxyl groups excluding tert-OH is 1. The molecule has 2 N–H and O–H groups in total. The second kappa shape index (κ2) is 10.9. The molecule has 0 radical (unpaired) electrons. The summed E-state index contributed by atoms with van der Waals surface area (Å²) in [6.07, 6.45) is -5.38. The van der Waals surface area contributed by atoms with Crippen LogP contribution in [-0.4, -0.2) is 41.8 Å². The standard InChI is InChI=1S/C28H27ClF3N3O/c1-34(2)17-16-33-27(36)20-12-10-19(11-13-20)24-14-15-25(21-6-5-7-22(29)18-21)35(24)26-9-4-3-8-23(26)28(30,31)32/h3-15,18,27,33,36H,16-17H2,1-2H3. The Labute approximate surface area is 213 Å². The van der Waals surface area contributed by atoms with Gasteiger partial charge in [0, 0.05) is 18.1 Å². The summed E-state index contributed by atoms with van der Waals surface area (Å²) in [6.45, 7) is 1.38. The molecule has 0 aliphatic carbocycles. The van der Waals surface area contributed by atoms with Crippen LogP contribution in [0, 0.1) is 0 Å². The maximum absolute atomic E-state index is 14.0. The molecule has 4 rings (SSSR count). The topological polar surface area (TPSA) is 40.4 Å². The van der Waals surface area contributed by atoms with Crippen LogP contribution in [0.1, 0.15) is 17.4 Å². The molecule has 0 aliphatic rings. The fraction of sp³-hybridized carbons (Fsp3) is 0.214. The summed E-state index contributed by atoms with van der Waals surface area (Å²) >= 11 is 6.20. The molecule has 0 bridgehead atoms. The Balaban J connectivity index is 1.79. The van der Waals surface area contributed by atoms with Gasteiger partial charge in [0.25, 0.3) is 0 Å². The number of alkyl halides is 3. The third kappa shape index (κ3) is 5.82. The zero-order chi connectivity index (χ0) is 25.9. The number of halogens is 4. The second-order valence-corrected chi connectivity index (χ2v) is 9.18. The minimum Gasteiger partial charge on any atom is -0.374 e. The van der Waals surface area contributed by atoms with E-state index in [4.69, 9.17) is 11.6 Å². The van der Waals surface area contributed by atoms with Crippen LogP contribution in [0.25, 0.3) is 28.2 Å². The van der Waals surface area contributed by atoms with E-state index in [1.165, 1.54) is 12.1 Å². The van der Waals surface area contributed by atoms with E-state index in [2.05, 4.69) is 5.32 Å². The number of hydrogen-bond acceptors (Lipinski definition) is 3. The van der Waals surface area contributed by atoms with Crippen LogP contribution in [-0.2, 0) is 6.18 Å². The predicted molar refractivity (Wildman–Crippen MR) is 138 cm³/mol. The van der Waals surface area contributed by atoms with E-state index in [1.807, 2.05) is 25.1 Å². The number of nitrogens with zero attached hydrogens (tertiary/aromatic N) is 2. The summed E-state index contributed by atoms with van der Waals surface area (Å²) in [5.41, 5.74) is 2.54. The first-order valence-corrected chi connectivity index (χ1v) is 11.8. The largest absolute Gasteiger partial charge is 0.418 e. The van der Waals surface area contributed by atoms with Crippen LogP contribution in [0.15, 0.2) is 84.9 Å². The third-order valence-corrected chi connectivity index (χ3v) is 6.11. The van der Waals surface area contributed by atoms with Gasteiger partial charge in [0.15, 0.2) is 0 Å². The lowest BCUT2D eigenvalue weighted by Gasteiger charge is -2.20. The van der Waals surface area contributed by atoms with Gasteiger partial charge in [-0.1, -0.05) is 60.1 Å². The highest BCUT2D eigenvalue weighted by Crippen LogP contribution is 2.39. The first-order chi connectivity index (χ1) is 17.1. The molecule has 3 aromatic carbocycles. The van der Waals surface area contributed by atoms with Crippen LogP contribution < -0.4 is 5.32 Å². The predicted octanol–water partition coefficient (Wildman–Crippen LogP) is 6.63. The summed E-state index contributed by atoms with van der Waals surface area (Å²) in [5, 5.41) is 14.0. The van der Waals surface area contributed by atoms with Crippen molar-refractivity contribution in [3.8, 4) is 28.2 Å². The van der Waals surface area contributed by atoms with Crippen molar-refractivity contribution in [2.45, 2.75) is 12.4 Å². The zero-order valence-electron chi connectivity index (χ0n) is 19.9. The number of likely N-dealkylation sites (N-methyl/N-ethyl adjacent to an activating group) is 1. The number of benzene rings is 3. The highest BCUT2D eigenvalue weighted by atomic mass is 35.5. The summed E-state index contributed by atoms with van der Waals surface area (Å²) in [5.74, 6) is 0. The van der Waals surface area contributed by atoms with Crippen LogP contribution in [0.5, 0.6) is 0 Å². The van der Waals surface area contributed by atoms with Gasteiger partial charge in [0.2, 0.25) is 0 Å². The summed E-state index contributed by atoms with van der Waals surface area (Å²) in [6, 6.07) is 23.3. The van der Waals surface area contributed by atoms with E-state index >= 15 is 0 Å². The molecular formula is C28H27ClF3N3O. The van der Waals surface area contributed by atoms with Crippen molar-refractivity contribution in [1.29, 1.82) is 0 Å². The number of nitrogens with one attached hydrogen (secondary N) is 1. The van der Waals surface area contributed by atoms with Crippen LogP contribution in [0.3, 0.4) is 0 Å². The molecule has 188 valence electrons. The summed E-state index contributed by atoms with van der Waals surface area (Å²) in [7, 11) is 3.90. The molecule has 1 heterocycles. The number of aromatic nitrogens is 1. The molecule has 1 unspecified atom stereocenters. The Morgan fingerprint density at radius 1 is 0.889 bits per heavy atom. The molecule has 0 saturated carbocycles. The molecular weight excluding hydrogens is 487 g/mol. The van der Waals surface area contributed by atoms with Gasteiger partial charge < -0.3 is 14.6 Å². The Hall–Kier alpha value is -3.10. The average Bonchev–Trinajstić information content (AvgIpc) is 3.28. The van der Waals surface area contributed by atoms with Crippen molar-refractivity contribution in [3.63, 3.8) is 0 Å². The lowest BCUT2D eigenvalue weighted by atomic mass is 10.1. The fourth-order valence-electron chi connectivity index (χ4n) is 4.08. The van der Waals surface area contributed by atoms with Crippen LogP contribution in [0.2, 0.25) is 5.02 Å². The average molecular weight is 514 g/mol. The molecule has 0 spiro atoms. The van der Waals surface area contributed by atoms with Crippen LogP contribution in [0.4, 0.5) is 13.2 Å². The molecule has 8 heteroatoms. The van der Waals surface area contributed by atoms with Crippen molar-refractivity contribution in [3.05, 3.63) is 101 Å². The first kappa shape index (κ1) is 26.0. The molecule has 0 fully saturated rings. The van der Waals surface area contributed by atoms with Gasteiger partial charge in [-0.15, -0.1) is 0 Å². The SMILES string of the molecule is CN(C)CCNC(O)c1ccc(-c2ccc(-c3cccc(Cl)c3)n2-c2ccccc2C(F)(F)F)cc1. The zero-order valence-corrected chi connectivity index (χ0v) is 20.7. The minimum atomic E-state index is -4.53. The van der Waals surface area contributed by atoms with Crippen molar-refractivity contribution >= 4 is 11.6 Å². The second-order valence-electron chi connectivity index (χ2n) is 8.75. The monoisotopic (exact) mass is 513 g/mol. The number of aliphatic hydroxyl groups is 1. The highest BCUT2D eigenvalue weighted by molar-refractivity contribution is 6.30. The Kier molecular flexibility index (Phi) is 7.85. The van der Waals surface area contributed by atoms with E-state index in [9.17, 15) is 18.3 Å². The Morgan fingerprint density at radius 3 is 2.19 bits per heavy atom. The van der Waals surface area contributed by atoms with E-state index < -0.39 is 18.0 Å².